The molecule has 0 saturated carbocycles. The average molecular weight is 813 g/mol. The lowest BCUT2D eigenvalue weighted by atomic mass is 10.0. The first kappa shape index (κ1) is 55.9. The molecule has 0 aliphatic heterocycles. The van der Waals surface area contributed by atoms with Gasteiger partial charge in [-0.2, -0.15) is 0 Å². The molecule has 0 aromatic carbocycles. The highest BCUT2D eigenvalue weighted by Gasteiger charge is 2.17. The number of ether oxygens (including phenoxy) is 3. The Labute approximate surface area is 361 Å². The minimum absolute atomic E-state index is 0.0678. The molecular formula is C53H96O5. The summed E-state index contributed by atoms with van der Waals surface area (Å²) in [6, 6.07) is 0. The van der Waals surface area contributed by atoms with Crippen LogP contribution in [0.15, 0.2) is 48.6 Å². The zero-order valence-electron chi connectivity index (χ0n) is 38.8. The Morgan fingerprint density at radius 1 is 0.397 bits per heavy atom. The predicted octanol–water partition coefficient (Wildman–Crippen LogP) is 16.8. The van der Waals surface area contributed by atoms with Crippen molar-refractivity contribution >= 4 is 11.9 Å². The molecular weight excluding hydrogens is 717 g/mol. The third-order valence-electron chi connectivity index (χ3n) is 10.9. The van der Waals surface area contributed by atoms with Gasteiger partial charge in [0.25, 0.3) is 0 Å². The van der Waals surface area contributed by atoms with E-state index in [1.807, 2.05) is 0 Å². The summed E-state index contributed by atoms with van der Waals surface area (Å²) in [5.74, 6) is -0.419. The molecule has 0 N–H and O–H groups in total. The summed E-state index contributed by atoms with van der Waals surface area (Å²) in [7, 11) is 0. The van der Waals surface area contributed by atoms with Crippen molar-refractivity contribution < 1.29 is 23.8 Å². The number of hydrogen-bond acceptors (Lipinski definition) is 5. The summed E-state index contributed by atoms with van der Waals surface area (Å²) in [5, 5.41) is 0. The van der Waals surface area contributed by atoms with E-state index in [-0.39, 0.29) is 25.2 Å². The molecule has 0 aromatic heterocycles. The topological polar surface area (TPSA) is 61.8 Å². The Morgan fingerprint density at radius 3 is 1.17 bits per heavy atom. The highest BCUT2D eigenvalue weighted by molar-refractivity contribution is 5.70. The maximum absolute atomic E-state index is 12.7. The van der Waals surface area contributed by atoms with Crippen LogP contribution in [0.3, 0.4) is 0 Å². The molecule has 0 aliphatic rings. The quantitative estimate of drug-likeness (QED) is 0.0348. The lowest BCUT2D eigenvalue weighted by molar-refractivity contribution is -0.163. The molecule has 0 spiro atoms. The predicted molar refractivity (Wildman–Crippen MR) is 251 cm³/mol. The van der Waals surface area contributed by atoms with Crippen molar-refractivity contribution in [2.75, 3.05) is 19.8 Å². The second-order valence-corrected chi connectivity index (χ2v) is 16.7. The van der Waals surface area contributed by atoms with E-state index in [1.54, 1.807) is 0 Å². The average Bonchev–Trinajstić information content (AvgIpc) is 3.22. The summed E-state index contributed by atoms with van der Waals surface area (Å²) in [6.07, 6.45) is 59.9. The number of allylic oxidation sites excluding steroid dienone is 8. The number of carbonyl (C=O) groups is 2. The summed E-state index contributed by atoms with van der Waals surface area (Å²) in [6.45, 7) is 7.59. The first-order valence-corrected chi connectivity index (χ1v) is 25.2. The van der Waals surface area contributed by atoms with Gasteiger partial charge in [0.05, 0.1) is 6.61 Å². The number of carbonyl (C=O) groups excluding carboxylic acids is 2. The van der Waals surface area contributed by atoms with Crippen LogP contribution in [0.1, 0.15) is 252 Å². The van der Waals surface area contributed by atoms with Gasteiger partial charge in [-0.05, 0) is 51.4 Å². The van der Waals surface area contributed by atoms with Gasteiger partial charge in [-0.15, -0.1) is 0 Å². The monoisotopic (exact) mass is 813 g/mol. The fourth-order valence-electron chi connectivity index (χ4n) is 7.16. The van der Waals surface area contributed by atoms with Crippen molar-refractivity contribution in [1.82, 2.24) is 0 Å². The van der Waals surface area contributed by atoms with E-state index in [4.69, 9.17) is 14.2 Å². The van der Waals surface area contributed by atoms with Crippen molar-refractivity contribution in [3.63, 3.8) is 0 Å². The van der Waals surface area contributed by atoms with Crippen molar-refractivity contribution in [2.24, 2.45) is 0 Å². The van der Waals surface area contributed by atoms with Gasteiger partial charge < -0.3 is 14.2 Å². The van der Waals surface area contributed by atoms with Crippen LogP contribution in [0.25, 0.3) is 0 Å². The second-order valence-electron chi connectivity index (χ2n) is 16.7. The van der Waals surface area contributed by atoms with Crippen LogP contribution >= 0.6 is 0 Å². The van der Waals surface area contributed by atoms with E-state index in [0.717, 1.165) is 64.2 Å². The Kier molecular flexibility index (Phi) is 47.4. The molecule has 0 heterocycles. The summed E-state index contributed by atoms with van der Waals surface area (Å²) < 4.78 is 17.3. The van der Waals surface area contributed by atoms with Gasteiger partial charge in [-0.1, -0.05) is 236 Å². The number of esters is 2. The molecule has 5 nitrogen and oxygen atoms in total. The standard InChI is InChI=1S/C53H96O5/c1-4-7-10-13-16-19-21-23-25-26-27-28-29-30-32-35-37-40-43-46-52(54)57-50-51(58-53(55)47-44-41-38-34-18-15-12-9-6-3)49-56-48-45-42-39-36-33-31-24-22-20-17-14-11-8-5-2/h8,11,17,20,24,31,36,39,51H,4-7,9-10,12-16,18-19,21-23,25-30,32-35,37-38,40-50H2,1-3H3/b11-8-,20-17-,31-24-,39-36-. The fraction of sp³-hybridized carbons (Fsp3) is 0.811. The smallest absolute Gasteiger partial charge is 0.306 e. The minimum atomic E-state index is -0.558. The maximum atomic E-state index is 12.7. The molecule has 0 bridgehead atoms. The highest BCUT2D eigenvalue weighted by Crippen LogP contribution is 2.16. The lowest BCUT2D eigenvalue weighted by Gasteiger charge is -2.18. The minimum Gasteiger partial charge on any atom is -0.462 e. The van der Waals surface area contributed by atoms with Gasteiger partial charge in [0.2, 0.25) is 0 Å². The van der Waals surface area contributed by atoms with Crippen molar-refractivity contribution in [3.05, 3.63) is 48.6 Å². The number of rotatable bonds is 46. The van der Waals surface area contributed by atoms with Gasteiger partial charge in [0.1, 0.15) is 6.61 Å². The fourth-order valence-corrected chi connectivity index (χ4v) is 7.16. The normalized spacial score (nSPS) is 12.5. The zero-order valence-corrected chi connectivity index (χ0v) is 38.8. The molecule has 338 valence electrons. The van der Waals surface area contributed by atoms with Crippen LogP contribution in [-0.4, -0.2) is 37.9 Å². The summed E-state index contributed by atoms with van der Waals surface area (Å²) in [4.78, 5) is 25.3. The van der Waals surface area contributed by atoms with Crippen LogP contribution in [0.4, 0.5) is 0 Å². The summed E-state index contributed by atoms with van der Waals surface area (Å²) in [5.41, 5.74) is 0. The van der Waals surface area contributed by atoms with Gasteiger partial charge in [0.15, 0.2) is 6.10 Å². The lowest BCUT2D eigenvalue weighted by Crippen LogP contribution is -2.30. The highest BCUT2D eigenvalue weighted by atomic mass is 16.6. The van der Waals surface area contributed by atoms with Crippen LogP contribution in [0, 0.1) is 0 Å². The van der Waals surface area contributed by atoms with Crippen LogP contribution < -0.4 is 0 Å². The van der Waals surface area contributed by atoms with Crippen LogP contribution in [0.5, 0.6) is 0 Å². The van der Waals surface area contributed by atoms with Gasteiger partial charge in [0, 0.05) is 19.4 Å². The molecule has 0 amide bonds. The molecule has 0 saturated heterocycles. The summed E-state index contributed by atoms with van der Waals surface area (Å²) >= 11 is 0. The van der Waals surface area contributed by atoms with E-state index in [2.05, 4.69) is 69.4 Å². The molecule has 1 atom stereocenters. The second kappa shape index (κ2) is 49.2. The number of hydrogen-bond donors (Lipinski definition) is 0. The van der Waals surface area contributed by atoms with E-state index in [1.165, 1.54) is 154 Å². The van der Waals surface area contributed by atoms with Crippen LogP contribution in [0.2, 0.25) is 0 Å². The van der Waals surface area contributed by atoms with Crippen molar-refractivity contribution in [1.29, 1.82) is 0 Å². The van der Waals surface area contributed by atoms with E-state index < -0.39 is 6.10 Å². The molecule has 1 unspecified atom stereocenters. The first-order valence-electron chi connectivity index (χ1n) is 25.2. The molecule has 0 aliphatic carbocycles. The molecule has 58 heavy (non-hydrogen) atoms. The zero-order chi connectivity index (χ0) is 42.1. The Balaban J connectivity index is 4.19. The van der Waals surface area contributed by atoms with Gasteiger partial charge in [-0.25, -0.2) is 0 Å². The third-order valence-corrected chi connectivity index (χ3v) is 10.9. The molecule has 0 radical (unpaired) electrons. The van der Waals surface area contributed by atoms with Crippen molar-refractivity contribution in [3.8, 4) is 0 Å². The molecule has 0 rings (SSSR count). The largest absolute Gasteiger partial charge is 0.462 e. The van der Waals surface area contributed by atoms with E-state index >= 15 is 0 Å². The van der Waals surface area contributed by atoms with E-state index in [9.17, 15) is 9.59 Å². The maximum Gasteiger partial charge on any atom is 0.306 e. The first-order chi connectivity index (χ1) is 28.6. The Morgan fingerprint density at radius 2 is 0.759 bits per heavy atom. The third kappa shape index (κ3) is 46.5. The Bertz CT molecular complexity index is 966. The van der Waals surface area contributed by atoms with E-state index in [0.29, 0.717) is 19.4 Å². The Hall–Kier alpha value is -2.14. The van der Waals surface area contributed by atoms with Gasteiger partial charge in [-0.3, -0.25) is 9.59 Å². The number of unbranched alkanes of at least 4 members (excludes halogenated alkanes) is 27. The van der Waals surface area contributed by atoms with Crippen LogP contribution in [-0.2, 0) is 23.8 Å². The molecule has 0 aromatic rings. The SMILES string of the molecule is CC/C=C\C/C=C\C/C=C\C/C=C\CCCOCC(COC(=O)CCCCCCCCCCCCCCCCCCCCC)OC(=O)CCCCCCCCCCC. The molecule has 0 fully saturated rings. The molecule has 5 heteroatoms. The van der Waals surface area contributed by atoms with Gasteiger partial charge >= 0.3 is 11.9 Å². The van der Waals surface area contributed by atoms with Crippen molar-refractivity contribution in [2.45, 2.75) is 258 Å².